The summed E-state index contributed by atoms with van der Waals surface area (Å²) in [5, 5.41) is 18.1. The van der Waals surface area contributed by atoms with Crippen molar-refractivity contribution in [3.8, 4) is 0 Å². The van der Waals surface area contributed by atoms with Crippen molar-refractivity contribution >= 4 is 5.82 Å². The first-order valence-electron chi connectivity index (χ1n) is 5.64. The van der Waals surface area contributed by atoms with Crippen LogP contribution >= 0.6 is 0 Å². The van der Waals surface area contributed by atoms with Crippen LogP contribution in [0.1, 0.15) is 25.0 Å². The van der Waals surface area contributed by atoms with Crippen LogP contribution in [0.15, 0.2) is 12.4 Å². The molecular weight excluding hydrogens is 206 g/mol. The van der Waals surface area contributed by atoms with E-state index < -0.39 is 0 Å². The summed E-state index contributed by atoms with van der Waals surface area (Å²) in [7, 11) is 0. The maximum atomic E-state index is 9.05. The van der Waals surface area contributed by atoms with E-state index >= 15 is 0 Å². The van der Waals surface area contributed by atoms with Crippen LogP contribution < -0.4 is 4.90 Å². The number of aromatic nitrogens is 2. The SMILES string of the molecule is OCCN(c1cncc(CO)n1)C1CCC1. The minimum absolute atomic E-state index is 0.0987. The van der Waals surface area contributed by atoms with Crippen LogP contribution in [0, 0.1) is 0 Å². The highest BCUT2D eigenvalue weighted by molar-refractivity contribution is 5.38. The number of hydrogen-bond donors (Lipinski definition) is 2. The molecule has 88 valence electrons. The molecule has 1 aliphatic rings. The van der Waals surface area contributed by atoms with Gasteiger partial charge in [-0.3, -0.25) is 4.98 Å². The maximum Gasteiger partial charge on any atom is 0.147 e. The number of anilines is 1. The van der Waals surface area contributed by atoms with Crippen molar-refractivity contribution in [2.24, 2.45) is 0 Å². The van der Waals surface area contributed by atoms with Crippen LogP contribution in [-0.4, -0.2) is 39.4 Å². The molecule has 5 heteroatoms. The minimum atomic E-state index is -0.0987. The lowest BCUT2D eigenvalue weighted by molar-refractivity contribution is 0.274. The zero-order valence-corrected chi connectivity index (χ0v) is 9.21. The zero-order chi connectivity index (χ0) is 11.4. The molecule has 0 bridgehead atoms. The quantitative estimate of drug-likeness (QED) is 0.752. The van der Waals surface area contributed by atoms with E-state index in [1.807, 2.05) is 0 Å². The topological polar surface area (TPSA) is 69.5 Å². The van der Waals surface area contributed by atoms with Crippen molar-refractivity contribution in [1.82, 2.24) is 9.97 Å². The molecule has 2 rings (SSSR count). The van der Waals surface area contributed by atoms with Crippen LogP contribution in [0.25, 0.3) is 0 Å². The molecule has 1 fully saturated rings. The summed E-state index contributed by atoms with van der Waals surface area (Å²) in [6.45, 7) is 0.592. The fraction of sp³-hybridized carbons (Fsp3) is 0.636. The first-order chi connectivity index (χ1) is 7.85. The summed E-state index contributed by atoms with van der Waals surface area (Å²) < 4.78 is 0. The first-order valence-corrected chi connectivity index (χ1v) is 5.64. The Balaban J connectivity index is 2.16. The van der Waals surface area contributed by atoms with Gasteiger partial charge in [-0.25, -0.2) is 4.98 Å². The first kappa shape index (κ1) is 11.3. The van der Waals surface area contributed by atoms with E-state index in [9.17, 15) is 0 Å². The summed E-state index contributed by atoms with van der Waals surface area (Å²) in [5.74, 6) is 0.755. The number of aliphatic hydroxyl groups is 2. The number of hydrogen-bond acceptors (Lipinski definition) is 5. The molecule has 0 unspecified atom stereocenters. The molecule has 16 heavy (non-hydrogen) atoms. The van der Waals surface area contributed by atoms with Gasteiger partial charge in [-0.2, -0.15) is 0 Å². The van der Waals surface area contributed by atoms with E-state index in [1.54, 1.807) is 12.4 Å². The second kappa shape index (κ2) is 5.23. The van der Waals surface area contributed by atoms with E-state index in [-0.39, 0.29) is 13.2 Å². The summed E-state index contributed by atoms with van der Waals surface area (Å²) in [6, 6.07) is 0.468. The Hall–Kier alpha value is -1.20. The monoisotopic (exact) mass is 223 g/mol. The maximum absolute atomic E-state index is 9.05. The third kappa shape index (κ3) is 2.31. The number of aliphatic hydroxyl groups excluding tert-OH is 2. The molecule has 1 aliphatic carbocycles. The summed E-state index contributed by atoms with van der Waals surface area (Å²) in [5.41, 5.74) is 0.569. The molecule has 1 aromatic heterocycles. The van der Waals surface area contributed by atoms with Gasteiger partial charge in [-0.15, -0.1) is 0 Å². The highest BCUT2D eigenvalue weighted by Crippen LogP contribution is 2.27. The highest BCUT2D eigenvalue weighted by Gasteiger charge is 2.25. The number of rotatable bonds is 5. The van der Waals surface area contributed by atoms with Gasteiger partial charge in [0.25, 0.3) is 0 Å². The van der Waals surface area contributed by atoms with Gasteiger partial charge in [0.15, 0.2) is 0 Å². The second-order valence-corrected chi connectivity index (χ2v) is 4.03. The Morgan fingerprint density at radius 2 is 2.12 bits per heavy atom. The van der Waals surface area contributed by atoms with Crippen molar-refractivity contribution in [1.29, 1.82) is 0 Å². The molecule has 0 aromatic carbocycles. The van der Waals surface area contributed by atoms with E-state index in [1.165, 1.54) is 6.42 Å². The van der Waals surface area contributed by atoms with Gasteiger partial charge in [0, 0.05) is 12.6 Å². The van der Waals surface area contributed by atoms with Crippen molar-refractivity contribution in [2.75, 3.05) is 18.1 Å². The highest BCUT2D eigenvalue weighted by atomic mass is 16.3. The van der Waals surface area contributed by atoms with Crippen molar-refractivity contribution in [3.05, 3.63) is 18.1 Å². The van der Waals surface area contributed by atoms with Crippen LogP contribution in [0.3, 0.4) is 0 Å². The zero-order valence-electron chi connectivity index (χ0n) is 9.21. The van der Waals surface area contributed by atoms with Crippen LogP contribution in [0.2, 0.25) is 0 Å². The lowest BCUT2D eigenvalue weighted by Gasteiger charge is -2.38. The van der Waals surface area contributed by atoms with Gasteiger partial charge in [-0.05, 0) is 19.3 Å². The molecule has 0 amide bonds. The lowest BCUT2D eigenvalue weighted by Crippen LogP contribution is -2.42. The summed E-state index contributed by atoms with van der Waals surface area (Å²) >= 11 is 0. The van der Waals surface area contributed by atoms with Gasteiger partial charge in [-0.1, -0.05) is 0 Å². The molecule has 1 aromatic rings. The molecule has 0 atom stereocenters. The Bertz CT molecular complexity index is 342. The summed E-state index contributed by atoms with van der Waals surface area (Å²) in [6.07, 6.45) is 6.77. The molecule has 1 saturated carbocycles. The molecule has 0 saturated heterocycles. The molecule has 0 radical (unpaired) electrons. The Morgan fingerprint density at radius 1 is 1.31 bits per heavy atom. The molecule has 2 N–H and O–H groups in total. The van der Waals surface area contributed by atoms with Gasteiger partial charge in [0.1, 0.15) is 5.82 Å². The van der Waals surface area contributed by atoms with Crippen LogP contribution in [0.4, 0.5) is 5.82 Å². The second-order valence-electron chi connectivity index (χ2n) is 4.03. The fourth-order valence-electron chi connectivity index (χ4n) is 1.90. The third-order valence-corrected chi connectivity index (χ3v) is 2.98. The van der Waals surface area contributed by atoms with Crippen LogP contribution in [0.5, 0.6) is 0 Å². The van der Waals surface area contributed by atoms with E-state index in [4.69, 9.17) is 10.2 Å². The van der Waals surface area contributed by atoms with Crippen molar-refractivity contribution in [2.45, 2.75) is 31.9 Å². The van der Waals surface area contributed by atoms with Gasteiger partial charge in [0.05, 0.1) is 31.3 Å². The van der Waals surface area contributed by atoms with Gasteiger partial charge >= 0.3 is 0 Å². The lowest BCUT2D eigenvalue weighted by atomic mass is 9.91. The van der Waals surface area contributed by atoms with Crippen molar-refractivity contribution < 1.29 is 10.2 Å². The number of nitrogens with zero attached hydrogens (tertiary/aromatic N) is 3. The molecule has 0 aliphatic heterocycles. The molecular formula is C11H17N3O2. The van der Waals surface area contributed by atoms with Crippen LogP contribution in [-0.2, 0) is 6.61 Å². The Labute approximate surface area is 94.8 Å². The van der Waals surface area contributed by atoms with Gasteiger partial charge < -0.3 is 15.1 Å². The average Bonchev–Trinajstić information content (AvgIpc) is 2.26. The predicted molar refractivity (Wildman–Crippen MR) is 60.0 cm³/mol. The molecule has 5 nitrogen and oxygen atoms in total. The molecule has 0 spiro atoms. The summed E-state index contributed by atoms with van der Waals surface area (Å²) in [4.78, 5) is 10.4. The average molecular weight is 223 g/mol. The smallest absolute Gasteiger partial charge is 0.147 e. The Morgan fingerprint density at radius 3 is 2.69 bits per heavy atom. The van der Waals surface area contributed by atoms with E-state index in [0.29, 0.717) is 18.3 Å². The standard InChI is InChI=1S/C11H17N3O2/c15-5-4-14(10-2-1-3-10)11-7-12-6-9(8-16)13-11/h6-7,10,15-16H,1-5,8H2. The third-order valence-electron chi connectivity index (χ3n) is 2.98. The van der Waals surface area contributed by atoms with Gasteiger partial charge in [0.2, 0.25) is 0 Å². The van der Waals surface area contributed by atoms with E-state index in [2.05, 4.69) is 14.9 Å². The largest absolute Gasteiger partial charge is 0.395 e. The minimum Gasteiger partial charge on any atom is -0.395 e. The van der Waals surface area contributed by atoms with Crippen molar-refractivity contribution in [3.63, 3.8) is 0 Å². The predicted octanol–water partition coefficient (Wildman–Crippen LogP) is 0.320. The Kier molecular flexibility index (Phi) is 3.69. The van der Waals surface area contributed by atoms with E-state index in [0.717, 1.165) is 18.7 Å². The normalized spacial score (nSPS) is 15.9. The molecule has 1 heterocycles. The fourth-order valence-corrected chi connectivity index (χ4v) is 1.90.